The highest BCUT2D eigenvalue weighted by molar-refractivity contribution is 9.10. The summed E-state index contributed by atoms with van der Waals surface area (Å²) in [5.41, 5.74) is 2.66. The summed E-state index contributed by atoms with van der Waals surface area (Å²) in [6.45, 7) is 4.09. The van der Waals surface area contributed by atoms with Crippen LogP contribution in [0, 0.1) is 5.92 Å². The molecule has 1 aromatic carbocycles. The predicted octanol–water partition coefficient (Wildman–Crippen LogP) is 3.83. The summed E-state index contributed by atoms with van der Waals surface area (Å²) >= 11 is 9.62. The van der Waals surface area contributed by atoms with Crippen molar-refractivity contribution < 1.29 is 4.74 Å². The Balaban J connectivity index is 1.76. The number of piperidine rings is 1. The SMILES string of the molecule is ClCC1CCCN(Cc2cc(Br)cc3c2OCC3)C1. The molecule has 2 aliphatic rings. The molecule has 1 aromatic rings. The molecule has 4 heteroatoms. The normalized spacial score (nSPS) is 23.2. The highest BCUT2D eigenvalue weighted by Crippen LogP contribution is 2.34. The third kappa shape index (κ3) is 3.09. The summed E-state index contributed by atoms with van der Waals surface area (Å²) in [6, 6.07) is 4.39. The van der Waals surface area contributed by atoms with Crippen molar-refractivity contribution in [1.82, 2.24) is 4.90 Å². The molecule has 1 fully saturated rings. The van der Waals surface area contributed by atoms with Gasteiger partial charge < -0.3 is 4.74 Å². The van der Waals surface area contributed by atoms with Gasteiger partial charge in [-0.15, -0.1) is 11.6 Å². The Morgan fingerprint density at radius 2 is 2.32 bits per heavy atom. The van der Waals surface area contributed by atoms with E-state index in [0.717, 1.165) is 42.2 Å². The Bertz CT molecular complexity index is 466. The minimum atomic E-state index is 0.650. The molecule has 0 aliphatic carbocycles. The van der Waals surface area contributed by atoms with Crippen LogP contribution in [0.15, 0.2) is 16.6 Å². The molecule has 0 bridgehead atoms. The fraction of sp³-hybridized carbons (Fsp3) is 0.600. The van der Waals surface area contributed by atoms with Gasteiger partial charge >= 0.3 is 0 Å². The van der Waals surface area contributed by atoms with E-state index in [1.165, 1.54) is 30.5 Å². The number of benzene rings is 1. The van der Waals surface area contributed by atoms with Gasteiger partial charge in [-0.3, -0.25) is 4.90 Å². The maximum Gasteiger partial charge on any atom is 0.127 e. The van der Waals surface area contributed by atoms with Crippen LogP contribution in [0.1, 0.15) is 24.0 Å². The topological polar surface area (TPSA) is 12.5 Å². The fourth-order valence-electron chi connectivity index (χ4n) is 3.13. The van der Waals surface area contributed by atoms with Gasteiger partial charge in [0.05, 0.1) is 6.61 Å². The molecule has 1 unspecified atom stereocenters. The van der Waals surface area contributed by atoms with Crippen molar-refractivity contribution in [2.75, 3.05) is 25.6 Å². The number of hydrogen-bond donors (Lipinski definition) is 0. The minimum absolute atomic E-state index is 0.650. The minimum Gasteiger partial charge on any atom is -0.493 e. The zero-order valence-electron chi connectivity index (χ0n) is 11.0. The van der Waals surface area contributed by atoms with Crippen molar-refractivity contribution >= 4 is 27.5 Å². The van der Waals surface area contributed by atoms with E-state index in [9.17, 15) is 0 Å². The molecule has 2 aliphatic heterocycles. The van der Waals surface area contributed by atoms with E-state index in [0.29, 0.717) is 5.92 Å². The number of ether oxygens (including phenoxy) is 1. The van der Waals surface area contributed by atoms with Crippen LogP contribution in [0.4, 0.5) is 0 Å². The zero-order chi connectivity index (χ0) is 13.2. The van der Waals surface area contributed by atoms with Crippen LogP contribution in [-0.4, -0.2) is 30.5 Å². The van der Waals surface area contributed by atoms with Crippen LogP contribution in [0.5, 0.6) is 5.75 Å². The first-order valence-corrected chi connectivity index (χ1v) is 8.31. The summed E-state index contributed by atoms with van der Waals surface area (Å²) in [7, 11) is 0. The van der Waals surface area contributed by atoms with E-state index in [-0.39, 0.29) is 0 Å². The predicted molar refractivity (Wildman–Crippen MR) is 82.1 cm³/mol. The molecule has 0 N–H and O–H groups in total. The van der Waals surface area contributed by atoms with Crippen LogP contribution in [0.25, 0.3) is 0 Å². The highest BCUT2D eigenvalue weighted by atomic mass is 79.9. The van der Waals surface area contributed by atoms with Crippen LogP contribution < -0.4 is 4.74 Å². The van der Waals surface area contributed by atoms with Gasteiger partial charge in [0, 0.05) is 35.4 Å². The third-order valence-corrected chi connectivity index (χ3v) is 4.93. The molecule has 3 rings (SSSR count). The third-order valence-electron chi connectivity index (χ3n) is 4.04. The largest absolute Gasteiger partial charge is 0.493 e. The molecule has 19 heavy (non-hydrogen) atoms. The average molecular weight is 345 g/mol. The number of alkyl halides is 1. The second-order valence-electron chi connectivity index (χ2n) is 5.55. The van der Waals surface area contributed by atoms with Crippen LogP contribution in [0.2, 0.25) is 0 Å². The molecule has 2 nitrogen and oxygen atoms in total. The van der Waals surface area contributed by atoms with Gasteiger partial charge in [0.2, 0.25) is 0 Å². The molecule has 0 saturated carbocycles. The van der Waals surface area contributed by atoms with Crippen molar-refractivity contribution in [3.8, 4) is 5.75 Å². The van der Waals surface area contributed by atoms with Gasteiger partial charge in [0.1, 0.15) is 5.75 Å². The first kappa shape index (κ1) is 13.7. The van der Waals surface area contributed by atoms with Gasteiger partial charge in [-0.25, -0.2) is 0 Å². The van der Waals surface area contributed by atoms with Crippen molar-refractivity contribution in [2.45, 2.75) is 25.8 Å². The van der Waals surface area contributed by atoms with Gasteiger partial charge in [0.25, 0.3) is 0 Å². The van der Waals surface area contributed by atoms with Gasteiger partial charge in [0.15, 0.2) is 0 Å². The van der Waals surface area contributed by atoms with E-state index in [2.05, 4.69) is 33.0 Å². The summed E-state index contributed by atoms with van der Waals surface area (Å²) in [4.78, 5) is 2.51. The van der Waals surface area contributed by atoms with E-state index in [1.54, 1.807) is 0 Å². The van der Waals surface area contributed by atoms with Crippen molar-refractivity contribution in [3.05, 3.63) is 27.7 Å². The smallest absolute Gasteiger partial charge is 0.127 e. The molecule has 1 atom stereocenters. The number of likely N-dealkylation sites (tertiary alicyclic amines) is 1. The molecule has 0 radical (unpaired) electrons. The van der Waals surface area contributed by atoms with Crippen molar-refractivity contribution in [2.24, 2.45) is 5.92 Å². The first-order chi connectivity index (χ1) is 9.26. The van der Waals surface area contributed by atoms with Crippen LogP contribution >= 0.6 is 27.5 Å². The number of fused-ring (bicyclic) bond motifs is 1. The van der Waals surface area contributed by atoms with E-state index in [4.69, 9.17) is 16.3 Å². The monoisotopic (exact) mass is 343 g/mol. The molecule has 2 heterocycles. The Labute approximate surface area is 128 Å². The lowest BCUT2D eigenvalue weighted by Crippen LogP contribution is -2.35. The Morgan fingerprint density at radius 1 is 1.42 bits per heavy atom. The van der Waals surface area contributed by atoms with Crippen LogP contribution in [0.3, 0.4) is 0 Å². The Kier molecular flexibility index (Phi) is 4.35. The summed E-state index contributed by atoms with van der Waals surface area (Å²) < 4.78 is 6.97. The lowest BCUT2D eigenvalue weighted by atomic mass is 9.99. The number of nitrogens with zero attached hydrogens (tertiary/aromatic N) is 1. The highest BCUT2D eigenvalue weighted by Gasteiger charge is 2.23. The summed E-state index contributed by atoms with van der Waals surface area (Å²) in [5, 5.41) is 0. The fourth-order valence-corrected chi connectivity index (χ4v) is 3.93. The molecule has 0 spiro atoms. The van der Waals surface area contributed by atoms with Crippen molar-refractivity contribution in [1.29, 1.82) is 0 Å². The molecule has 1 saturated heterocycles. The Morgan fingerprint density at radius 3 is 3.16 bits per heavy atom. The number of rotatable bonds is 3. The molecule has 0 amide bonds. The van der Waals surface area contributed by atoms with E-state index >= 15 is 0 Å². The second-order valence-corrected chi connectivity index (χ2v) is 6.77. The molecule has 104 valence electrons. The van der Waals surface area contributed by atoms with Gasteiger partial charge in [-0.1, -0.05) is 15.9 Å². The Hall–Kier alpha value is -0.250. The van der Waals surface area contributed by atoms with Gasteiger partial charge in [-0.05, 0) is 43.0 Å². The molecular weight excluding hydrogens is 326 g/mol. The molecular formula is C15H19BrClNO. The maximum absolute atomic E-state index is 6.01. The summed E-state index contributed by atoms with van der Waals surface area (Å²) in [5.74, 6) is 2.55. The number of hydrogen-bond acceptors (Lipinski definition) is 2. The first-order valence-electron chi connectivity index (χ1n) is 6.98. The maximum atomic E-state index is 6.01. The van der Waals surface area contributed by atoms with E-state index in [1.807, 2.05) is 0 Å². The quantitative estimate of drug-likeness (QED) is 0.773. The standard InChI is InChI=1S/C15H19BrClNO/c16-14-6-12-3-5-19-15(12)13(7-14)10-18-4-1-2-11(8-17)9-18/h6-7,11H,1-5,8-10H2. The molecule has 0 aromatic heterocycles. The number of halogens is 2. The summed E-state index contributed by atoms with van der Waals surface area (Å²) in [6.07, 6.45) is 3.56. The van der Waals surface area contributed by atoms with E-state index < -0.39 is 0 Å². The lowest BCUT2D eigenvalue weighted by Gasteiger charge is -2.32. The lowest BCUT2D eigenvalue weighted by molar-refractivity contribution is 0.176. The van der Waals surface area contributed by atoms with Gasteiger partial charge in [-0.2, -0.15) is 0 Å². The zero-order valence-corrected chi connectivity index (χ0v) is 13.3. The average Bonchev–Trinajstić information content (AvgIpc) is 2.87. The second kappa shape index (κ2) is 6.02. The van der Waals surface area contributed by atoms with Crippen molar-refractivity contribution in [3.63, 3.8) is 0 Å². The van der Waals surface area contributed by atoms with Crippen LogP contribution in [-0.2, 0) is 13.0 Å².